The number of hydrogen-bond donors (Lipinski definition) is 2. The summed E-state index contributed by atoms with van der Waals surface area (Å²) in [5, 5.41) is 6.70. The molecule has 0 unspecified atom stereocenters. The lowest BCUT2D eigenvalue weighted by Crippen LogP contribution is -2.38. The number of fused-ring (bicyclic) bond motifs is 1. The van der Waals surface area contributed by atoms with E-state index in [4.69, 9.17) is 4.74 Å². The predicted octanol–water partition coefficient (Wildman–Crippen LogP) is 2.80. The van der Waals surface area contributed by atoms with Crippen LogP contribution in [0, 0.1) is 6.92 Å². The SMILES string of the molecule is CN=C(NCCc1cc(C)ccc1OC)NCc1nc2ccccc2n1C. The van der Waals surface area contributed by atoms with Gasteiger partial charge in [0.1, 0.15) is 11.6 Å². The fraction of sp³-hybridized carbons (Fsp3) is 0.333. The van der Waals surface area contributed by atoms with Crippen molar-refractivity contribution in [3.8, 4) is 5.75 Å². The third kappa shape index (κ3) is 4.39. The van der Waals surface area contributed by atoms with Gasteiger partial charge in [0, 0.05) is 20.6 Å². The van der Waals surface area contributed by atoms with Gasteiger partial charge in [-0.15, -0.1) is 0 Å². The Morgan fingerprint density at radius 3 is 2.74 bits per heavy atom. The number of guanidine groups is 1. The van der Waals surface area contributed by atoms with Crippen LogP contribution in [0.5, 0.6) is 5.75 Å². The number of imidazole rings is 1. The highest BCUT2D eigenvalue weighted by Gasteiger charge is 2.08. The van der Waals surface area contributed by atoms with Crippen LogP contribution < -0.4 is 15.4 Å². The van der Waals surface area contributed by atoms with Crippen molar-refractivity contribution in [3.63, 3.8) is 0 Å². The first-order valence-electron chi connectivity index (χ1n) is 9.10. The second kappa shape index (κ2) is 8.58. The highest BCUT2D eigenvalue weighted by molar-refractivity contribution is 5.80. The van der Waals surface area contributed by atoms with Crippen LogP contribution in [0.1, 0.15) is 17.0 Å². The number of aryl methyl sites for hydroxylation is 2. The van der Waals surface area contributed by atoms with Gasteiger partial charge in [-0.1, -0.05) is 29.8 Å². The Morgan fingerprint density at radius 1 is 1.19 bits per heavy atom. The zero-order valence-corrected chi connectivity index (χ0v) is 16.4. The first-order chi connectivity index (χ1) is 13.1. The second-order valence-corrected chi connectivity index (χ2v) is 6.49. The Hall–Kier alpha value is -3.02. The fourth-order valence-corrected chi connectivity index (χ4v) is 3.16. The Kier molecular flexibility index (Phi) is 5.96. The molecular weight excluding hydrogens is 338 g/mol. The van der Waals surface area contributed by atoms with E-state index in [9.17, 15) is 0 Å². The molecule has 0 aliphatic carbocycles. The summed E-state index contributed by atoms with van der Waals surface area (Å²) in [6, 6.07) is 14.4. The van der Waals surface area contributed by atoms with Crippen LogP contribution in [0.3, 0.4) is 0 Å². The topological polar surface area (TPSA) is 63.5 Å². The van der Waals surface area contributed by atoms with Crippen LogP contribution in [0.4, 0.5) is 0 Å². The first kappa shape index (κ1) is 18.8. The maximum absolute atomic E-state index is 5.45. The average Bonchev–Trinajstić information content (AvgIpc) is 3.01. The molecule has 0 bridgehead atoms. The molecule has 2 N–H and O–H groups in total. The third-order valence-corrected chi connectivity index (χ3v) is 4.64. The monoisotopic (exact) mass is 365 g/mol. The molecule has 0 aliphatic rings. The van der Waals surface area contributed by atoms with Gasteiger partial charge >= 0.3 is 0 Å². The second-order valence-electron chi connectivity index (χ2n) is 6.49. The van der Waals surface area contributed by atoms with Gasteiger partial charge in [0.2, 0.25) is 0 Å². The molecule has 0 saturated heterocycles. The summed E-state index contributed by atoms with van der Waals surface area (Å²) in [6.07, 6.45) is 0.859. The number of aromatic nitrogens is 2. The lowest BCUT2D eigenvalue weighted by atomic mass is 10.1. The molecule has 0 radical (unpaired) electrons. The summed E-state index contributed by atoms with van der Waals surface area (Å²) in [4.78, 5) is 8.98. The van der Waals surface area contributed by atoms with E-state index in [1.165, 1.54) is 11.1 Å². The Morgan fingerprint density at radius 2 is 2.00 bits per heavy atom. The Balaban J connectivity index is 1.57. The van der Waals surface area contributed by atoms with Gasteiger partial charge in [-0.2, -0.15) is 0 Å². The number of nitrogens with one attached hydrogen (secondary N) is 2. The summed E-state index contributed by atoms with van der Waals surface area (Å²) < 4.78 is 7.55. The van der Waals surface area contributed by atoms with E-state index >= 15 is 0 Å². The molecular formula is C21H27N5O. The summed E-state index contributed by atoms with van der Waals surface area (Å²) in [5.41, 5.74) is 4.56. The minimum Gasteiger partial charge on any atom is -0.496 e. The van der Waals surface area contributed by atoms with Gasteiger partial charge in [0.15, 0.2) is 5.96 Å². The van der Waals surface area contributed by atoms with Crippen LogP contribution in [0.25, 0.3) is 11.0 Å². The number of rotatable bonds is 6. The minimum atomic E-state index is 0.610. The van der Waals surface area contributed by atoms with Crippen molar-refractivity contribution < 1.29 is 4.74 Å². The maximum Gasteiger partial charge on any atom is 0.191 e. The molecule has 1 aromatic heterocycles. The van der Waals surface area contributed by atoms with E-state index in [1.807, 2.05) is 31.3 Å². The maximum atomic E-state index is 5.45. The average molecular weight is 365 g/mol. The third-order valence-electron chi connectivity index (χ3n) is 4.64. The van der Waals surface area contributed by atoms with E-state index in [-0.39, 0.29) is 0 Å². The molecule has 3 aromatic rings. The van der Waals surface area contributed by atoms with Gasteiger partial charge < -0.3 is 19.9 Å². The molecule has 0 aliphatic heterocycles. The van der Waals surface area contributed by atoms with Gasteiger partial charge in [-0.05, 0) is 37.1 Å². The van der Waals surface area contributed by atoms with Crippen LogP contribution in [-0.4, -0.2) is 36.2 Å². The van der Waals surface area contributed by atoms with Crippen LogP contribution in [0.2, 0.25) is 0 Å². The normalized spacial score (nSPS) is 11.6. The highest BCUT2D eigenvalue weighted by atomic mass is 16.5. The molecule has 27 heavy (non-hydrogen) atoms. The Labute approximate surface area is 160 Å². The number of ether oxygens (including phenoxy) is 1. The van der Waals surface area contributed by atoms with Crippen LogP contribution in [-0.2, 0) is 20.0 Å². The molecule has 2 aromatic carbocycles. The number of methoxy groups -OCH3 is 1. The van der Waals surface area contributed by atoms with Crippen molar-refractivity contribution in [3.05, 3.63) is 59.4 Å². The molecule has 6 heteroatoms. The standard InChI is InChI=1S/C21H27N5O/c1-15-9-10-19(27-4)16(13-15)11-12-23-21(22-2)24-14-20-25-17-7-5-6-8-18(17)26(20)3/h5-10,13H,11-12,14H2,1-4H3,(H2,22,23,24). The number of hydrogen-bond acceptors (Lipinski definition) is 3. The van der Waals surface area contributed by atoms with Crippen molar-refractivity contribution in [1.29, 1.82) is 0 Å². The number of para-hydroxylation sites is 2. The summed E-state index contributed by atoms with van der Waals surface area (Å²) in [7, 11) is 5.52. The van der Waals surface area contributed by atoms with Crippen molar-refractivity contribution >= 4 is 17.0 Å². The van der Waals surface area contributed by atoms with Crippen molar-refractivity contribution in [2.45, 2.75) is 19.9 Å². The largest absolute Gasteiger partial charge is 0.496 e. The molecule has 0 fully saturated rings. The fourth-order valence-electron chi connectivity index (χ4n) is 3.16. The zero-order valence-electron chi connectivity index (χ0n) is 16.4. The molecule has 3 rings (SSSR count). The minimum absolute atomic E-state index is 0.610. The van der Waals surface area contributed by atoms with E-state index < -0.39 is 0 Å². The van der Waals surface area contributed by atoms with Crippen LogP contribution in [0.15, 0.2) is 47.5 Å². The predicted molar refractivity (Wildman–Crippen MR) is 110 cm³/mol. The van der Waals surface area contributed by atoms with Crippen LogP contribution >= 0.6 is 0 Å². The molecule has 6 nitrogen and oxygen atoms in total. The summed E-state index contributed by atoms with van der Waals surface area (Å²) in [5.74, 6) is 2.65. The first-order valence-corrected chi connectivity index (χ1v) is 9.10. The van der Waals surface area contributed by atoms with E-state index in [1.54, 1.807) is 14.2 Å². The molecule has 0 saturated carbocycles. The molecule has 0 atom stereocenters. The van der Waals surface area contributed by atoms with Crippen molar-refractivity contribution in [2.24, 2.45) is 12.0 Å². The van der Waals surface area contributed by atoms with Gasteiger partial charge in [0.25, 0.3) is 0 Å². The molecule has 1 heterocycles. The number of nitrogens with zero attached hydrogens (tertiary/aromatic N) is 3. The lowest BCUT2D eigenvalue weighted by molar-refractivity contribution is 0.409. The smallest absolute Gasteiger partial charge is 0.191 e. The molecule has 0 amide bonds. The zero-order chi connectivity index (χ0) is 19.2. The quantitative estimate of drug-likeness (QED) is 0.521. The van der Waals surface area contributed by atoms with Gasteiger partial charge in [-0.3, -0.25) is 4.99 Å². The van der Waals surface area contributed by atoms with E-state index in [2.05, 4.69) is 50.3 Å². The summed E-state index contributed by atoms with van der Waals surface area (Å²) >= 11 is 0. The number of benzene rings is 2. The molecule has 0 spiro atoms. The van der Waals surface area contributed by atoms with Crippen molar-refractivity contribution in [1.82, 2.24) is 20.2 Å². The van der Waals surface area contributed by atoms with E-state index in [0.717, 1.165) is 41.5 Å². The summed E-state index contributed by atoms with van der Waals surface area (Å²) in [6.45, 7) is 3.47. The molecule has 142 valence electrons. The van der Waals surface area contributed by atoms with E-state index in [0.29, 0.717) is 6.54 Å². The van der Waals surface area contributed by atoms with Crippen molar-refractivity contribution in [2.75, 3.05) is 20.7 Å². The lowest BCUT2D eigenvalue weighted by Gasteiger charge is -2.13. The van der Waals surface area contributed by atoms with Gasteiger partial charge in [0.05, 0.1) is 24.7 Å². The number of aliphatic imine (C=N–C) groups is 1. The Bertz CT molecular complexity index is 945. The van der Waals surface area contributed by atoms with Gasteiger partial charge in [-0.25, -0.2) is 4.98 Å². The highest BCUT2D eigenvalue weighted by Crippen LogP contribution is 2.19.